The first kappa shape index (κ1) is 18.1. The first-order valence-corrected chi connectivity index (χ1v) is 8.66. The molecule has 8 heteroatoms. The molecule has 0 aliphatic heterocycles. The fourth-order valence-electron chi connectivity index (χ4n) is 1.98. The molecule has 0 aromatic carbocycles. The lowest BCUT2D eigenvalue weighted by molar-refractivity contribution is 0.271. The third-order valence-electron chi connectivity index (χ3n) is 3.44. The van der Waals surface area contributed by atoms with Crippen LogP contribution in [0, 0.1) is 6.92 Å². The van der Waals surface area contributed by atoms with Gasteiger partial charge >= 0.3 is 0 Å². The highest BCUT2D eigenvalue weighted by Gasteiger charge is 2.23. The van der Waals surface area contributed by atoms with Crippen molar-refractivity contribution in [3.8, 4) is 0 Å². The number of aromatic amines is 1. The Kier molecular flexibility index (Phi) is 6.79. The van der Waals surface area contributed by atoms with Crippen LogP contribution < -0.4 is 10.0 Å². The van der Waals surface area contributed by atoms with E-state index < -0.39 is 10.0 Å². The summed E-state index contributed by atoms with van der Waals surface area (Å²) in [7, 11) is 0.271. The number of aryl methyl sites for hydroxylation is 1. The predicted octanol–water partition coefficient (Wildman–Crippen LogP) is 0.446. The highest BCUT2D eigenvalue weighted by molar-refractivity contribution is 7.89. The molecular formula is C13H27N5O2S. The van der Waals surface area contributed by atoms with Crippen LogP contribution in [0.3, 0.4) is 0 Å². The zero-order chi connectivity index (χ0) is 16.0. The van der Waals surface area contributed by atoms with Crippen LogP contribution in [0.2, 0.25) is 0 Å². The Labute approximate surface area is 127 Å². The van der Waals surface area contributed by atoms with E-state index in [9.17, 15) is 8.42 Å². The SMILES string of the molecule is CNCc1n[nH]c(C)c1S(=O)(=O)NCCCN(C)C(C)C. The Morgan fingerprint density at radius 1 is 1.38 bits per heavy atom. The minimum Gasteiger partial charge on any atom is -0.314 e. The summed E-state index contributed by atoms with van der Waals surface area (Å²) in [5.41, 5.74) is 1.08. The molecule has 0 amide bonds. The van der Waals surface area contributed by atoms with Crippen LogP contribution in [0.5, 0.6) is 0 Å². The van der Waals surface area contributed by atoms with Crippen molar-refractivity contribution >= 4 is 10.0 Å². The molecule has 1 heterocycles. The maximum atomic E-state index is 12.4. The van der Waals surface area contributed by atoms with Crippen LogP contribution in [0.15, 0.2) is 4.90 Å². The van der Waals surface area contributed by atoms with Gasteiger partial charge in [-0.1, -0.05) is 0 Å². The van der Waals surface area contributed by atoms with Gasteiger partial charge in [-0.15, -0.1) is 0 Å². The molecule has 0 bridgehead atoms. The number of sulfonamides is 1. The molecule has 0 radical (unpaired) electrons. The monoisotopic (exact) mass is 317 g/mol. The fraction of sp³-hybridized carbons (Fsp3) is 0.769. The van der Waals surface area contributed by atoms with Gasteiger partial charge in [0.2, 0.25) is 10.0 Å². The van der Waals surface area contributed by atoms with Gasteiger partial charge in [0.05, 0.1) is 11.4 Å². The largest absolute Gasteiger partial charge is 0.314 e. The maximum absolute atomic E-state index is 12.4. The molecule has 7 nitrogen and oxygen atoms in total. The minimum absolute atomic E-state index is 0.258. The highest BCUT2D eigenvalue weighted by Crippen LogP contribution is 2.17. The maximum Gasteiger partial charge on any atom is 0.244 e. The van der Waals surface area contributed by atoms with E-state index in [1.807, 2.05) is 7.05 Å². The van der Waals surface area contributed by atoms with Gasteiger partial charge in [-0.2, -0.15) is 5.10 Å². The average Bonchev–Trinajstić information content (AvgIpc) is 2.76. The Morgan fingerprint density at radius 3 is 2.62 bits per heavy atom. The molecular weight excluding hydrogens is 290 g/mol. The van der Waals surface area contributed by atoms with Crippen LogP contribution >= 0.6 is 0 Å². The van der Waals surface area contributed by atoms with Crippen molar-refractivity contribution in [2.75, 3.05) is 27.2 Å². The lowest BCUT2D eigenvalue weighted by atomic mass is 10.3. The number of hydrogen-bond acceptors (Lipinski definition) is 5. The van der Waals surface area contributed by atoms with E-state index in [0.29, 0.717) is 30.5 Å². The van der Waals surface area contributed by atoms with Crippen LogP contribution in [0.25, 0.3) is 0 Å². The Balaban J connectivity index is 2.64. The Hall–Kier alpha value is -0.960. The van der Waals surface area contributed by atoms with E-state index >= 15 is 0 Å². The third kappa shape index (κ3) is 5.06. The lowest BCUT2D eigenvalue weighted by Gasteiger charge is -2.20. The average molecular weight is 317 g/mol. The third-order valence-corrected chi connectivity index (χ3v) is 5.10. The van der Waals surface area contributed by atoms with Crippen molar-refractivity contribution in [3.05, 3.63) is 11.4 Å². The fourth-order valence-corrected chi connectivity index (χ4v) is 3.41. The molecule has 0 atom stereocenters. The highest BCUT2D eigenvalue weighted by atomic mass is 32.2. The van der Waals surface area contributed by atoms with E-state index in [-0.39, 0.29) is 4.90 Å². The number of aromatic nitrogens is 2. The van der Waals surface area contributed by atoms with Gasteiger partial charge in [-0.05, 0) is 47.8 Å². The first-order valence-electron chi connectivity index (χ1n) is 7.18. The standard InChI is InChI=1S/C13H27N5O2S/c1-10(2)18(5)8-6-7-15-21(19,20)13-11(3)16-17-12(13)9-14-4/h10,14-15H,6-9H2,1-5H3,(H,16,17). The molecule has 0 unspecified atom stereocenters. The number of nitrogens with zero attached hydrogens (tertiary/aromatic N) is 2. The predicted molar refractivity (Wildman–Crippen MR) is 83.7 cm³/mol. The second-order valence-corrected chi connectivity index (χ2v) is 7.18. The molecule has 0 saturated carbocycles. The molecule has 0 spiro atoms. The number of nitrogens with one attached hydrogen (secondary N) is 3. The zero-order valence-electron chi connectivity index (χ0n) is 13.5. The van der Waals surface area contributed by atoms with Gasteiger partial charge < -0.3 is 10.2 Å². The van der Waals surface area contributed by atoms with Gasteiger partial charge in [-0.3, -0.25) is 5.10 Å². The summed E-state index contributed by atoms with van der Waals surface area (Å²) in [4.78, 5) is 2.44. The molecule has 0 saturated heterocycles. The second kappa shape index (κ2) is 7.88. The molecule has 0 fully saturated rings. The van der Waals surface area contributed by atoms with E-state index in [1.54, 1.807) is 14.0 Å². The van der Waals surface area contributed by atoms with Crippen molar-refractivity contribution in [2.45, 2.75) is 44.7 Å². The zero-order valence-corrected chi connectivity index (χ0v) is 14.3. The summed E-state index contributed by atoms with van der Waals surface area (Å²) in [5.74, 6) is 0. The van der Waals surface area contributed by atoms with Crippen LogP contribution in [0.4, 0.5) is 0 Å². The van der Waals surface area contributed by atoms with Crippen LogP contribution in [-0.2, 0) is 16.6 Å². The second-order valence-electron chi connectivity index (χ2n) is 5.48. The molecule has 1 aromatic rings. The molecule has 122 valence electrons. The van der Waals surface area contributed by atoms with E-state index in [1.165, 1.54) is 0 Å². The quantitative estimate of drug-likeness (QED) is 0.575. The summed E-state index contributed by atoms with van der Waals surface area (Å²) in [5, 5.41) is 9.69. The van der Waals surface area contributed by atoms with Crippen molar-refractivity contribution in [3.63, 3.8) is 0 Å². The first-order chi connectivity index (χ1) is 9.79. The van der Waals surface area contributed by atoms with Gasteiger partial charge in [0, 0.05) is 19.1 Å². The number of H-pyrrole nitrogens is 1. The van der Waals surface area contributed by atoms with E-state index in [4.69, 9.17) is 0 Å². The van der Waals surface area contributed by atoms with E-state index in [2.05, 4.69) is 39.0 Å². The Bertz CT molecular complexity index is 539. The molecule has 1 aromatic heterocycles. The lowest BCUT2D eigenvalue weighted by Crippen LogP contribution is -2.32. The van der Waals surface area contributed by atoms with Gasteiger partial charge in [0.15, 0.2) is 0 Å². The van der Waals surface area contributed by atoms with Crippen LogP contribution in [0.1, 0.15) is 31.7 Å². The van der Waals surface area contributed by atoms with Crippen molar-refractivity contribution in [2.24, 2.45) is 0 Å². The summed E-state index contributed by atoms with van der Waals surface area (Å²) in [6.45, 7) is 7.63. The van der Waals surface area contributed by atoms with Crippen molar-refractivity contribution < 1.29 is 8.42 Å². The summed E-state index contributed by atoms with van der Waals surface area (Å²) in [6, 6.07) is 0.458. The topological polar surface area (TPSA) is 90.1 Å². The van der Waals surface area contributed by atoms with Gasteiger partial charge in [0.25, 0.3) is 0 Å². The minimum atomic E-state index is -3.52. The Morgan fingerprint density at radius 2 is 2.05 bits per heavy atom. The van der Waals surface area contributed by atoms with Gasteiger partial charge in [-0.25, -0.2) is 13.1 Å². The summed E-state index contributed by atoms with van der Waals surface area (Å²) < 4.78 is 27.4. The molecule has 21 heavy (non-hydrogen) atoms. The number of rotatable bonds is 9. The molecule has 3 N–H and O–H groups in total. The van der Waals surface area contributed by atoms with Crippen molar-refractivity contribution in [1.82, 2.24) is 25.1 Å². The summed E-state index contributed by atoms with van der Waals surface area (Å²) in [6.07, 6.45) is 0.770. The summed E-state index contributed by atoms with van der Waals surface area (Å²) >= 11 is 0. The molecule has 1 rings (SSSR count). The van der Waals surface area contributed by atoms with Crippen molar-refractivity contribution in [1.29, 1.82) is 0 Å². The van der Waals surface area contributed by atoms with E-state index in [0.717, 1.165) is 13.0 Å². The van der Waals surface area contributed by atoms with Gasteiger partial charge in [0.1, 0.15) is 4.90 Å². The number of hydrogen-bond donors (Lipinski definition) is 3. The smallest absolute Gasteiger partial charge is 0.244 e. The molecule has 0 aliphatic rings. The molecule has 0 aliphatic carbocycles. The van der Waals surface area contributed by atoms with Crippen LogP contribution in [-0.4, -0.2) is 56.7 Å². The normalized spacial score (nSPS) is 12.5.